The fraction of sp³-hybridized carbons (Fsp3) is 0.417. The molecule has 84 valence electrons. The van der Waals surface area contributed by atoms with Crippen LogP contribution in [0.25, 0.3) is 9.88 Å². The van der Waals surface area contributed by atoms with Gasteiger partial charge in [-0.1, -0.05) is 6.07 Å². The summed E-state index contributed by atoms with van der Waals surface area (Å²) < 4.78 is 0. The summed E-state index contributed by atoms with van der Waals surface area (Å²) in [7, 11) is 2.05. The first kappa shape index (κ1) is 10.4. The summed E-state index contributed by atoms with van der Waals surface area (Å²) in [5, 5.41) is 6.69. The summed E-state index contributed by atoms with van der Waals surface area (Å²) in [4.78, 5) is 7.55. The third-order valence-electron chi connectivity index (χ3n) is 3.08. The molecule has 4 heteroatoms. The quantitative estimate of drug-likeness (QED) is 0.886. The number of thiazole rings is 1. The topological polar surface area (TPSA) is 24.9 Å². The Kier molecular flexibility index (Phi) is 2.79. The van der Waals surface area contributed by atoms with Crippen molar-refractivity contribution in [1.29, 1.82) is 0 Å². The van der Waals surface area contributed by atoms with E-state index in [1.54, 1.807) is 11.3 Å². The largest absolute Gasteiger partial charge is 0.317 e. The van der Waals surface area contributed by atoms with Gasteiger partial charge in [-0.2, -0.15) is 0 Å². The van der Waals surface area contributed by atoms with E-state index in [0.29, 0.717) is 6.04 Å². The first-order valence-electron chi connectivity index (χ1n) is 5.56. The van der Waals surface area contributed by atoms with E-state index in [0.717, 1.165) is 12.8 Å². The highest BCUT2D eigenvalue weighted by Crippen LogP contribution is 2.34. The number of hydrogen-bond acceptors (Lipinski definition) is 4. The van der Waals surface area contributed by atoms with Crippen LogP contribution in [0.5, 0.6) is 0 Å². The lowest BCUT2D eigenvalue weighted by Crippen LogP contribution is -2.30. The molecule has 1 aliphatic carbocycles. The van der Waals surface area contributed by atoms with Crippen LogP contribution in [-0.4, -0.2) is 18.1 Å². The van der Waals surface area contributed by atoms with Crippen molar-refractivity contribution in [1.82, 2.24) is 10.3 Å². The van der Waals surface area contributed by atoms with Crippen LogP contribution in [0.2, 0.25) is 0 Å². The number of nitrogens with one attached hydrogen (secondary N) is 1. The lowest BCUT2D eigenvalue weighted by Gasteiger charge is -2.19. The van der Waals surface area contributed by atoms with Gasteiger partial charge in [-0.3, -0.25) is 0 Å². The molecule has 2 nitrogen and oxygen atoms in total. The van der Waals surface area contributed by atoms with Gasteiger partial charge >= 0.3 is 0 Å². The van der Waals surface area contributed by atoms with E-state index in [1.165, 1.54) is 26.9 Å². The zero-order valence-corrected chi connectivity index (χ0v) is 10.8. The van der Waals surface area contributed by atoms with Gasteiger partial charge in [-0.05, 0) is 37.8 Å². The summed E-state index contributed by atoms with van der Waals surface area (Å²) >= 11 is 3.65. The van der Waals surface area contributed by atoms with E-state index in [-0.39, 0.29) is 0 Å². The molecule has 0 saturated carbocycles. The highest BCUT2D eigenvalue weighted by molar-refractivity contribution is 7.21. The first-order chi connectivity index (χ1) is 7.86. The van der Waals surface area contributed by atoms with Crippen LogP contribution < -0.4 is 5.32 Å². The van der Waals surface area contributed by atoms with Crippen molar-refractivity contribution in [2.24, 2.45) is 0 Å². The molecule has 1 N–H and O–H groups in total. The first-order valence-corrected chi connectivity index (χ1v) is 7.26. The average Bonchev–Trinajstić information content (AvgIpc) is 2.96. The zero-order chi connectivity index (χ0) is 11.0. The number of nitrogens with zero attached hydrogens (tertiary/aromatic N) is 1. The minimum atomic E-state index is 0.643. The van der Waals surface area contributed by atoms with Crippen LogP contribution in [0.15, 0.2) is 17.5 Å². The molecule has 1 atom stereocenters. The Bertz CT molecular complexity index is 473. The van der Waals surface area contributed by atoms with Gasteiger partial charge in [0.1, 0.15) is 5.01 Å². The third-order valence-corrected chi connectivity index (χ3v) is 5.24. The Balaban J connectivity index is 1.92. The molecule has 1 unspecified atom stereocenters. The van der Waals surface area contributed by atoms with Crippen molar-refractivity contribution in [2.45, 2.75) is 25.3 Å². The molecule has 0 saturated heterocycles. The number of thiophene rings is 1. The van der Waals surface area contributed by atoms with Crippen molar-refractivity contribution in [3.05, 3.63) is 28.1 Å². The van der Waals surface area contributed by atoms with E-state index < -0.39 is 0 Å². The Morgan fingerprint density at radius 3 is 3.19 bits per heavy atom. The normalized spacial score (nSPS) is 19.7. The van der Waals surface area contributed by atoms with Gasteiger partial charge in [0.05, 0.1) is 10.6 Å². The summed E-state index contributed by atoms with van der Waals surface area (Å²) in [6, 6.07) is 4.89. The van der Waals surface area contributed by atoms with Crippen LogP contribution in [-0.2, 0) is 12.8 Å². The molecule has 1 aliphatic rings. The van der Waals surface area contributed by atoms with E-state index >= 15 is 0 Å². The highest BCUT2D eigenvalue weighted by atomic mass is 32.1. The molecule has 0 fully saturated rings. The molecule has 0 radical (unpaired) electrons. The van der Waals surface area contributed by atoms with Gasteiger partial charge in [0.15, 0.2) is 0 Å². The lowest BCUT2D eigenvalue weighted by atomic mass is 9.98. The molecule has 16 heavy (non-hydrogen) atoms. The van der Waals surface area contributed by atoms with Gasteiger partial charge in [0.2, 0.25) is 0 Å². The molecule has 3 rings (SSSR count). The summed E-state index contributed by atoms with van der Waals surface area (Å²) in [5.41, 5.74) is 1.33. The van der Waals surface area contributed by atoms with Gasteiger partial charge in [0.25, 0.3) is 0 Å². The van der Waals surface area contributed by atoms with Crippen LogP contribution in [0, 0.1) is 0 Å². The van der Waals surface area contributed by atoms with Crippen molar-refractivity contribution in [3.63, 3.8) is 0 Å². The number of hydrogen-bond donors (Lipinski definition) is 1. The predicted molar refractivity (Wildman–Crippen MR) is 70.3 cm³/mol. The van der Waals surface area contributed by atoms with Crippen molar-refractivity contribution < 1.29 is 0 Å². The number of likely N-dealkylation sites (N-methyl/N-ethyl adjacent to an activating group) is 1. The maximum absolute atomic E-state index is 4.76. The van der Waals surface area contributed by atoms with Crippen molar-refractivity contribution >= 4 is 22.7 Å². The molecule has 0 aliphatic heterocycles. The molecule has 2 heterocycles. The molecule has 2 aromatic heterocycles. The van der Waals surface area contributed by atoms with E-state index in [4.69, 9.17) is 4.98 Å². The predicted octanol–water partition coefficient (Wildman–Crippen LogP) is 2.95. The molecular weight excluding hydrogens is 236 g/mol. The maximum atomic E-state index is 4.76. The van der Waals surface area contributed by atoms with Crippen LogP contribution in [0.1, 0.15) is 17.0 Å². The minimum Gasteiger partial charge on any atom is -0.317 e. The summed E-state index contributed by atoms with van der Waals surface area (Å²) in [6.45, 7) is 0. The van der Waals surface area contributed by atoms with E-state index in [2.05, 4.69) is 29.9 Å². The highest BCUT2D eigenvalue weighted by Gasteiger charge is 2.21. The van der Waals surface area contributed by atoms with E-state index in [9.17, 15) is 0 Å². The SMILES string of the molecule is CNC1CCc2nc(-c3cccs3)sc2C1. The molecule has 0 aromatic carbocycles. The summed E-state index contributed by atoms with van der Waals surface area (Å²) in [5.74, 6) is 0. The van der Waals surface area contributed by atoms with Crippen molar-refractivity contribution in [3.8, 4) is 9.88 Å². The summed E-state index contributed by atoms with van der Waals surface area (Å²) in [6.07, 6.45) is 3.49. The Labute approximate surface area is 103 Å². The van der Waals surface area contributed by atoms with Gasteiger partial charge in [-0.25, -0.2) is 4.98 Å². The maximum Gasteiger partial charge on any atom is 0.133 e. The van der Waals surface area contributed by atoms with Crippen LogP contribution in [0.3, 0.4) is 0 Å². The van der Waals surface area contributed by atoms with Crippen molar-refractivity contribution in [2.75, 3.05) is 7.05 Å². The fourth-order valence-electron chi connectivity index (χ4n) is 2.13. The van der Waals surface area contributed by atoms with Crippen LogP contribution >= 0.6 is 22.7 Å². The standard InChI is InChI=1S/C12H14N2S2/c1-13-8-4-5-9-11(7-8)16-12(14-9)10-3-2-6-15-10/h2-3,6,8,13H,4-5,7H2,1H3. The van der Waals surface area contributed by atoms with Crippen LogP contribution in [0.4, 0.5) is 0 Å². The number of rotatable bonds is 2. The Morgan fingerprint density at radius 1 is 1.50 bits per heavy atom. The second-order valence-corrected chi connectivity index (χ2v) is 6.13. The lowest BCUT2D eigenvalue weighted by molar-refractivity contribution is 0.497. The number of aryl methyl sites for hydroxylation is 1. The number of aromatic nitrogens is 1. The molecular formula is C12H14N2S2. The minimum absolute atomic E-state index is 0.643. The Hall–Kier alpha value is -0.710. The molecule has 2 aromatic rings. The second-order valence-electron chi connectivity index (χ2n) is 4.09. The smallest absolute Gasteiger partial charge is 0.133 e. The molecule has 0 bridgehead atoms. The van der Waals surface area contributed by atoms with Gasteiger partial charge < -0.3 is 5.32 Å². The van der Waals surface area contributed by atoms with E-state index in [1.807, 2.05) is 11.3 Å². The Morgan fingerprint density at radius 2 is 2.44 bits per heavy atom. The number of fused-ring (bicyclic) bond motifs is 1. The molecule has 0 spiro atoms. The average molecular weight is 250 g/mol. The fourth-order valence-corrected chi connectivity index (χ4v) is 4.11. The zero-order valence-electron chi connectivity index (χ0n) is 9.19. The van der Waals surface area contributed by atoms with Gasteiger partial charge in [-0.15, -0.1) is 22.7 Å². The van der Waals surface area contributed by atoms with Gasteiger partial charge in [0, 0.05) is 10.9 Å². The third kappa shape index (κ3) is 1.81. The monoisotopic (exact) mass is 250 g/mol. The second kappa shape index (κ2) is 4.28. The molecule has 0 amide bonds.